The highest BCUT2D eigenvalue weighted by Gasteiger charge is 2.34. The number of carbonyl (C=O) groups excluding carboxylic acids is 1. The lowest BCUT2D eigenvalue weighted by molar-refractivity contribution is 0.0550. The van der Waals surface area contributed by atoms with Gasteiger partial charge in [-0.1, -0.05) is 29.9 Å². The van der Waals surface area contributed by atoms with E-state index in [1.165, 1.54) is 11.6 Å². The summed E-state index contributed by atoms with van der Waals surface area (Å²) in [5.41, 5.74) is 2.88. The molecule has 1 atom stereocenters. The Labute approximate surface area is 172 Å². The fraction of sp³-hybridized carbons (Fsp3) is 0.320. The molecule has 0 fully saturated rings. The minimum atomic E-state index is -0.373. The molecule has 29 heavy (non-hydrogen) atoms. The molecule has 0 bridgehead atoms. The number of rotatable bonds is 6. The number of phenolic OH excluding ortho intramolecular Hbond substituents is 2. The Morgan fingerprint density at radius 1 is 1.14 bits per heavy atom. The van der Waals surface area contributed by atoms with E-state index in [0.717, 1.165) is 24.8 Å². The van der Waals surface area contributed by atoms with Crippen molar-refractivity contribution < 1.29 is 19.7 Å². The van der Waals surface area contributed by atoms with Crippen LogP contribution in [0, 0.1) is 0 Å². The van der Waals surface area contributed by atoms with E-state index in [0.29, 0.717) is 23.3 Å². The zero-order chi connectivity index (χ0) is 21.0. The molecule has 4 nitrogen and oxygen atoms in total. The van der Waals surface area contributed by atoms with Crippen molar-refractivity contribution in [1.82, 2.24) is 0 Å². The number of phenols is 2. The Morgan fingerprint density at radius 2 is 1.86 bits per heavy atom. The molecule has 2 aromatic rings. The Kier molecular flexibility index (Phi) is 6.12. The van der Waals surface area contributed by atoms with Crippen molar-refractivity contribution in [2.24, 2.45) is 0 Å². The van der Waals surface area contributed by atoms with Crippen molar-refractivity contribution in [3.63, 3.8) is 0 Å². The smallest absolute Gasteiger partial charge is 0.189 e. The summed E-state index contributed by atoms with van der Waals surface area (Å²) in [6, 6.07) is 9.82. The van der Waals surface area contributed by atoms with Crippen LogP contribution in [0.15, 0.2) is 54.1 Å². The first-order valence-corrected chi connectivity index (χ1v) is 9.96. The largest absolute Gasteiger partial charge is 0.508 e. The average Bonchev–Trinajstić information content (AvgIpc) is 2.67. The first kappa shape index (κ1) is 20.7. The van der Waals surface area contributed by atoms with Crippen molar-refractivity contribution in [1.29, 1.82) is 0 Å². The molecule has 1 unspecified atom stereocenters. The SMILES string of the molecule is CC(C)=CCCC1(C)CCc2c(O)ccc(C(=O)C=Cc3ccc(O)cc3)c2O1. The summed E-state index contributed by atoms with van der Waals surface area (Å²) in [6.07, 6.45) is 8.64. The maximum absolute atomic E-state index is 12.9. The van der Waals surface area contributed by atoms with Crippen LogP contribution in [0.3, 0.4) is 0 Å². The standard InChI is InChI=1S/C25H28O4/c1-17(2)5-4-15-25(3)16-14-21-23(28)13-11-20(24(21)29-25)22(27)12-8-18-6-9-19(26)10-7-18/h5-13,26,28H,4,14-16H2,1-3H3. The molecule has 0 amide bonds. The van der Waals surface area contributed by atoms with Gasteiger partial charge in [-0.05, 0) is 82.4 Å². The Hall–Kier alpha value is -3.01. The van der Waals surface area contributed by atoms with Gasteiger partial charge >= 0.3 is 0 Å². The van der Waals surface area contributed by atoms with Crippen LogP contribution in [0.5, 0.6) is 17.2 Å². The molecule has 1 heterocycles. The molecule has 152 valence electrons. The summed E-state index contributed by atoms with van der Waals surface area (Å²) in [5, 5.41) is 19.6. The highest BCUT2D eigenvalue weighted by molar-refractivity contribution is 6.09. The summed E-state index contributed by atoms with van der Waals surface area (Å²) >= 11 is 0. The molecule has 2 N–H and O–H groups in total. The molecule has 0 spiro atoms. The molecule has 4 heteroatoms. The van der Waals surface area contributed by atoms with Crippen molar-refractivity contribution >= 4 is 11.9 Å². The molecule has 2 aromatic carbocycles. The van der Waals surface area contributed by atoms with E-state index in [2.05, 4.69) is 26.8 Å². The lowest BCUT2D eigenvalue weighted by Crippen LogP contribution is -2.36. The van der Waals surface area contributed by atoms with Crippen LogP contribution in [0.4, 0.5) is 0 Å². The summed E-state index contributed by atoms with van der Waals surface area (Å²) in [5.74, 6) is 0.673. The predicted octanol–water partition coefficient (Wildman–Crippen LogP) is 5.82. The molecular weight excluding hydrogens is 364 g/mol. The third-order valence-electron chi connectivity index (χ3n) is 5.30. The van der Waals surface area contributed by atoms with Gasteiger partial charge in [-0.15, -0.1) is 0 Å². The third-order valence-corrected chi connectivity index (χ3v) is 5.30. The van der Waals surface area contributed by atoms with E-state index in [1.54, 1.807) is 42.5 Å². The van der Waals surface area contributed by atoms with Crippen LogP contribution < -0.4 is 4.74 Å². The lowest BCUT2D eigenvalue weighted by Gasteiger charge is -2.37. The van der Waals surface area contributed by atoms with Gasteiger partial charge < -0.3 is 14.9 Å². The van der Waals surface area contributed by atoms with Crippen molar-refractivity contribution in [3.05, 3.63) is 70.8 Å². The fourth-order valence-electron chi connectivity index (χ4n) is 3.55. The maximum atomic E-state index is 12.9. The molecule has 1 aliphatic rings. The van der Waals surface area contributed by atoms with Gasteiger partial charge in [-0.25, -0.2) is 0 Å². The van der Waals surface area contributed by atoms with Gasteiger partial charge in [0.25, 0.3) is 0 Å². The Balaban J connectivity index is 1.85. The number of aromatic hydroxyl groups is 2. The summed E-state index contributed by atoms with van der Waals surface area (Å²) in [7, 11) is 0. The van der Waals surface area contributed by atoms with E-state index in [-0.39, 0.29) is 22.9 Å². The molecule has 0 aliphatic carbocycles. The van der Waals surface area contributed by atoms with Crippen molar-refractivity contribution in [2.45, 2.75) is 52.1 Å². The molecule has 0 radical (unpaired) electrons. The van der Waals surface area contributed by atoms with Gasteiger partial charge in [0.2, 0.25) is 0 Å². The molecule has 0 saturated heterocycles. The highest BCUT2D eigenvalue weighted by Crippen LogP contribution is 2.42. The first-order chi connectivity index (χ1) is 13.8. The molecule has 0 aromatic heterocycles. The number of fused-ring (bicyclic) bond motifs is 1. The van der Waals surface area contributed by atoms with E-state index in [4.69, 9.17) is 4.74 Å². The maximum Gasteiger partial charge on any atom is 0.189 e. The van der Waals surface area contributed by atoms with Gasteiger partial charge in [0.05, 0.1) is 5.56 Å². The number of ether oxygens (including phenoxy) is 1. The minimum absolute atomic E-state index is 0.172. The van der Waals surface area contributed by atoms with Crippen LogP contribution >= 0.6 is 0 Å². The van der Waals surface area contributed by atoms with Crippen LogP contribution in [-0.2, 0) is 6.42 Å². The third kappa shape index (κ3) is 5.08. The average molecular weight is 392 g/mol. The van der Waals surface area contributed by atoms with Gasteiger partial charge in [-0.3, -0.25) is 4.79 Å². The molecular formula is C25H28O4. The second-order valence-electron chi connectivity index (χ2n) is 8.10. The fourth-order valence-corrected chi connectivity index (χ4v) is 3.55. The summed E-state index contributed by atoms with van der Waals surface area (Å²) in [6.45, 7) is 6.22. The number of hydrogen-bond donors (Lipinski definition) is 2. The van der Waals surface area contributed by atoms with E-state index in [1.807, 2.05) is 0 Å². The molecule has 1 aliphatic heterocycles. The van der Waals surface area contributed by atoms with Crippen LogP contribution in [0.2, 0.25) is 0 Å². The second-order valence-corrected chi connectivity index (χ2v) is 8.10. The van der Waals surface area contributed by atoms with Crippen molar-refractivity contribution in [2.75, 3.05) is 0 Å². The van der Waals surface area contributed by atoms with Gasteiger partial charge in [0.15, 0.2) is 5.78 Å². The number of ketones is 1. The quantitative estimate of drug-likeness (QED) is 0.369. The van der Waals surface area contributed by atoms with Crippen LogP contribution in [-0.4, -0.2) is 21.6 Å². The zero-order valence-electron chi connectivity index (χ0n) is 17.2. The molecule has 0 saturated carbocycles. The summed E-state index contributed by atoms with van der Waals surface area (Å²) in [4.78, 5) is 12.9. The van der Waals surface area contributed by atoms with E-state index < -0.39 is 0 Å². The topological polar surface area (TPSA) is 66.8 Å². The number of hydrogen-bond acceptors (Lipinski definition) is 4. The Bertz CT molecular complexity index is 950. The van der Waals surface area contributed by atoms with Gasteiger partial charge in [0.1, 0.15) is 22.8 Å². The van der Waals surface area contributed by atoms with Crippen molar-refractivity contribution in [3.8, 4) is 17.2 Å². The predicted molar refractivity (Wildman–Crippen MR) is 116 cm³/mol. The van der Waals surface area contributed by atoms with Crippen LogP contribution in [0.1, 0.15) is 61.5 Å². The highest BCUT2D eigenvalue weighted by atomic mass is 16.5. The van der Waals surface area contributed by atoms with E-state index in [9.17, 15) is 15.0 Å². The lowest BCUT2D eigenvalue weighted by atomic mass is 9.87. The minimum Gasteiger partial charge on any atom is -0.508 e. The van der Waals surface area contributed by atoms with E-state index >= 15 is 0 Å². The molecule has 3 rings (SSSR count). The zero-order valence-corrected chi connectivity index (χ0v) is 17.2. The monoisotopic (exact) mass is 392 g/mol. The number of allylic oxidation sites excluding steroid dienone is 3. The number of benzene rings is 2. The number of carbonyl (C=O) groups is 1. The first-order valence-electron chi connectivity index (χ1n) is 9.96. The van der Waals surface area contributed by atoms with Gasteiger partial charge in [0, 0.05) is 5.56 Å². The normalized spacial score (nSPS) is 18.2. The summed E-state index contributed by atoms with van der Waals surface area (Å²) < 4.78 is 6.33. The second kappa shape index (κ2) is 8.56. The van der Waals surface area contributed by atoms with Crippen LogP contribution in [0.25, 0.3) is 6.08 Å². The Morgan fingerprint density at radius 3 is 2.55 bits per heavy atom. The van der Waals surface area contributed by atoms with Gasteiger partial charge in [-0.2, -0.15) is 0 Å².